The zero-order valence-electron chi connectivity index (χ0n) is 12.2. The van der Waals surface area contributed by atoms with Crippen molar-refractivity contribution in [2.24, 2.45) is 0 Å². The van der Waals surface area contributed by atoms with Crippen molar-refractivity contribution in [1.29, 1.82) is 0 Å². The minimum absolute atomic E-state index is 0.0338. The molecule has 126 valence electrons. The molecule has 3 N–H and O–H groups in total. The van der Waals surface area contributed by atoms with Crippen LogP contribution in [0.4, 0.5) is 11.4 Å². The number of anilines is 1. The molecule has 0 aliphatic heterocycles. The van der Waals surface area contributed by atoms with Crippen LogP contribution in [-0.4, -0.2) is 21.7 Å². The van der Waals surface area contributed by atoms with E-state index in [1.54, 1.807) is 18.2 Å². The number of nitro groups is 1. The monoisotopic (exact) mass is 385 g/mol. The maximum atomic E-state index is 10.6. The predicted molar refractivity (Wildman–Crippen MR) is 98.7 cm³/mol. The Hall–Kier alpha value is -1.93. The highest BCUT2D eigenvalue weighted by Crippen LogP contribution is 2.25. The van der Waals surface area contributed by atoms with Crippen LogP contribution in [0.3, 0.4) is 0 Å². The number of thiocarbonyl (C=S) groups is 1. The van der Waals surface area contributed by atoms with Gasteiger partial charge in [-0.3, -0.25) is 10.1 Å². The number of nitrogens with zero attached hydrogens (tertiary/aromatic N) is 1. The number of hydrogen-bond donors (Lipinski definition) is 3. The van der Waals surface area contributed by atoms with E-state index < -0.39 is 11.0 Å². The Balaban J connectivity index is 1.89. The summed E-state index contributed by atoms with van der Waals surface area (Å²) in [6.45, 7) is 0.134. The summed E-state index contributed by atoms with van der Waals surface area (Å²) in [7, 11) is 0. The number of nitro benzene ring substituents is 1. The molecular weight excluding hydrogens is 373 g/mol. The second-order valence-corrected chi connectivity index (χ2v) is 6.08. The lowest BCUT2D eigenvalue weighted by Crippen LogP contribution is -2.32. The molecule has 0 saturated heterocycles. The molecule has 9 heteroatoms. The lowest BCUT2D eigenvalue weighted by molar-refractivity contribution is -0.384. The van der Waals surface area contributed by atoms with Crippen LogP contribution in [0, 0.1) is 10.1 Å². The number of aliphatic hydroxyl groups is 1. The smallest absolute Gasteiger partial charge is 0.269 e. The van der Waals surface area contributed by atoms with Gasteiger partial charge in [0.25, 0.3) is 5.69 Å². The third kappa shape index (κ3) is 5.04. The molecule has 0 amide bonds. The summed E-state index contributed by atoms with van der Waals surface area (Å²) in [5.74, 6) is 0. The number of hydrogen-bond acceptors (Lipinski definition) is 4. The van der Waals surface area contributed by atoms with Crippen LogP contribution in [0.25, 0.3) is 0 Å². The number of benzene rings is 2. The molecule has 0 spiro atoms. The number of halogens is 2. The predicted octanol–water partition coefficient (Wildman–Crippen LogP) is 3.92. The summed E-state index contributed by atoms with van der Waals surface area (Å²) in [6, 6.07) is 10.6. The summed E-state index contributed by atoms with van der Waals surface area (Å²) in [6.07, 6.45) is -0.869. The molecule has 0 aliphatic rings. The van der Waals surface area contributed by atoms with Crippen LogP contribution >= 0.6 is 35.4 Å². The molecule has 6 nitrogen and oxygen atoms in total. The van der Waals surface area contributed by atoms with Gasteiger partial charge in [0, 0.05) is 23.7 Å². The fourth-order valence-electron chi connectivity index (χ4n) is 1.88. The maximum absolute atomic E-state index is 10.6. The van der Waals surface area contributed by atoms with Gasteiger partial charge in [0.15, 0.2) is 5.11 Å². The number of rotatable bonds is 5. The van der Waals surface area contributed by atoms with E-state index in [1.807, 2.05) is 0 Å². The molecule has 2 aromatic rings. The molecule has 0 heterocycles. The van der Waals surface area contributed by atoms with Crippen molar-refractivity contribution in [2.75, 3.05) is 11.9 Å². The highest BCUT2D eigenvalue weighted by molar-refractivity contribution is 7.80. The first-order valence-corrected chi connectivity index (χ1v) is 7.95. The van der Waals surface area contributed by atoms with Crippen molar-refractivity contribution in [2.45, 2.75) is 6.10 Å². The zero-order valence-corrected chi connectivity index (χ0v) is 14.5. The van der Waals surface area contributed by atoms with Crippen LogP contribution in [0.15, 0.2) is 42.5 Å². The van der Waals surface area contributed by atoms with Gasteiger partial charge >= 0.3 is 0 Å². The molecule has 1 atom stereocenters. The van der Waals surface area contributed by atoms with Crippen LogP contribution in [0.5, 0.6) is 0 Å². The summed E-state index contributed by atoms with van der Waals surface area (Å²) < 4.78 is 0. The Morgan fingerprint density at radius 3 is 2.50 bits per heavy atom. The lowest BCUT2D eigenvalue weighted by Gasteiger charge is -2.15. The van der Waals surface area contributed by atoms with E-state index in [0.717, 1.165) is 0 Å². The molecule has 0 radical (unpaired) electrons. The Labute approximate surface area is 153 Å². The Morgan fingerprint density at radius 1 is 1.25 bits per heavy atom. The van der Waals surface area contributed by atoms with Crippen molar-refractivity contribution in [3.63, 3.8) is 0 Å². The van der Waals surface area contributed by atoms with Gasteiger partial charge in [-0.1, -0.05) is 23.2 Å². The van der Waals surface area contributed by atoms with Crippen molar-refractivity contribution in [1.82, 2.24) is 5.32 Å². The van der Waals surface area contributed by atoms with Crippen molar-refractivity contribution in [3.8, 4) is 0 Å². The van der Waals surface area contributed by atoms with Gasteiger partial charge in [-0.05, 0) is 48.1 Å². The largest absolute Gasteiger partial charge is 0.387 e. The van der Waals surface area contributed by atoms with Gasteiger partial charge in [0.05, 0.1) is 21.7 Å². The number of nitrogens with one attached hydrogen (secondary N) is 2. The van der Waals surface area contributed by atoms with E-state index in [4.69, 9.17) is 35.4 Å². The molecule has 2 aromatic carbocycles. The lowest BCUT2D eigenvalue weighted by atomic mass is 10.1. The molecule has 0 aromatic heterocycles. The summed E-state index contributed by atoms with van der Waals surface area (Å²) in [4.78, 5) is 10.1. The first-order chi connectivity index (χ1) is 11.4. The molecule has 2 rings (SSSR count). The van der Waals surface area contributed by atoms with E-state index in [9.17, 15) is 15.2 Å². The number of non-ortho nitro benzene ring substituents is 1. The minimum atomic E-state index is -0.869. The summed E-state index contributed by atoms with van der Waals surface area (Å²) in [5, 5.41) is 27.7. The Morgan fingerprint density at radius 2 is 1.92 bits per heavy atom. The van der Waals surface area contributed by atoms with Gasteiger partial charge in [-0.25, -0.2) is 0 Å². The second-order valence-electron chi connectivity index (χ2n) is 4.82. The normalized spacial score (nSPS) is 11.6. The average molecular weight is 386 g/mol. The Kier molecular flexibility index (Phi) is 6.33. The van der Waals surface area contributed by atoms with Crippen LogP contribution in [0.2, 0.25) is 10.0 Å². The summed E-state index contributed by atoms with van der Waals surface area (Å²) >= 11 is 17.0. The van der Waals surface area contributed by atoms with Gasteiger partial charge < -0.3 is 15.7 Å². The zero-order chi connectivity index (χ0) is 17.7. The SMILES string of the molecule is O=[N+]([O-])c1ccc(C(O)CNC(=S)Nc2ccc(Cl)cc2Cl)cc1. The van der Waals surface area contributed by atoms with E-state index in [2.05, 4.69) is 10.6 Å². The molecule has 0 bridgehead atoms. The fourth-order valence-corrected chi connectivity index (χ4v) is 2.53. The minimum Gasteiger partial charge on any atom is -0.387 e. The molecule has 0 saturated carbocycles. The first kappa shape index (κ1) is 18.4. The molecule has 1 unspecified atom stereocenters. The van der Waals surface area contributed by atoms with E-state index in [0.29, 0.717) is 21.3 Å². The van der Waals surface area contributed by atoms with Gasteiger partial charge in [-0.2, -0.15) is 0 Å². The standard InChI is InChI=1S/C15H13Cl2N3O3S/c16-10-3-6-13(12(17)7-10)19-15(24)18-8-14(21)9-1-4-11(5-2-9)20(22)23/h1-7,14,21H,8H2,(H2,18,19,24). The summed E-state index contributed by atoms with van der Waals surface area (Å²) in [5.41, 5.74) is 1.09. The quantitative estimate of drug-likeness (QED) is 0.410. The third-order valence-corrected chi connectivity index (χ3v) is 3.92. The highest BCUT2D eigenvalue weighted by Gasteiger charge is 2.11. The second kappa shape index (κ2) is 8.25. The van der Waals surface area contributed by atoms with Crippen molar-refractivity contribution >= 4 is 51.9 Å². The van der Waals surface area contributed by atoms with Gasteiger partial charge in [0.1, 0.15) is 0 Å². The van der Waals surface area contributed by atoms with Crippen LogP contribution < -0.4 is 10.6 Å². The van der Waals surface area contributed by atoms with Crippen LogP contribution in [0.1, 0.15) is 11.7 Å². The molecule has 24 heavy (non-hydrogen) atoms. The van der Waals surface area contributed by atoms with Crippen LogP contribution in [-0.2, 0) is 0 Å². The number of aliphatic hydroxyl groups excluding tert-OH is 1. The molecule has 0 fully saturated rings. The highest BCUT2D eigenvalue weighted by atomic mass is 35.5. The average Bonchev–Trinajstić information content (AvgIpc) is 2.55. The third-order valence-electron chi connectivity index (χ3n) is 3.12. The molecule has 0 aliphatic carbocycles. The van der Waals surface area contributed by atoms with Crippen molar-refractivity contribution < 1.29 is 10.0 Å². The first-order valence-electron chi connectivity index (χ1n) is 6.79. The van der Waals surface area contributed by atoms with Gasteiger partial charge in [0.2, 0.25) is 0 Å². The Bertz CT molecular complexity index is 756. The maximum Gasteiger partial charge on any atom is 0.269 e. The topological polar surface area (TPSA) is 87.4 Å². The van der Waals surface area contributed by atoms with E-state index in [-0.39, 0.29) is 17.3 Å². The fraction of sp³-hybridized carbons (Fsp3) is 0.133. The van der Waals surface area contributed by atoms with Gasteiger partial charge in [-0.15, -0.1) is 0 Å². The molecular formula is C15H13Cl2N3O3S. The van der Waals surface area contributed by atoms with E-state index >= 15 is 0 Å². The van der Waals surface area contributed by atoms with E-state index in [1.165, 1.54) is 24.3 Å². The van der Waals surface area contributed by atoms with Crippen molar-refractivity contribution in [3.05, 3.63) is 68.2 Å².